The molecule has 1 amide bonds. The lowest BCUT2D eigenvalue weighted by atomic mass is 10.1. The highest BCUT2D eigenvalue weighted by Gasteiger charge is 2.10. The zero-order valence-electron chi connectivity index (χ0n) is 13.8. The molecule has 0 saturated carbocycles. The number of anilines is 1. The van der Waals surface area contributed by atoms with Gasteiger partial charge in [0.2, 0.25) is 5.91 Å². The summed E-state index contributed by atoms with van der Waals surface area (Å²) in [5.41, 5.74) is 5.82. The summed E-state index contributed by atoms with van der Waals surface area (Å²) < 4.78 is 26.5. The summed E-state index contributed by atoms with van der Waals surface area (Å²) in [5.74, 6) is -1.25. The Hall–Kier alpha value is -1.57. The first-order valence-electron chi connectivity index (χ1n) is 7.97. The van der Waals surface area contributed by atoms with Gasteiger partial charge in [0, 0.05) is 30.0 Å². The van der Waals surface area contributed by atoms with Gasteiger partial charge in [-0.25, -0.2) is 13.8 Å². The molecule has 0 spiro atoms. The minimum absolute atomic E-state index is 0. The van der Waals surface area contributed by atoms with E-state index in [1.54, 1.807) is 6.20 Å². The highest BCUT2D eigenvalue weighted by Crippen LogP contribution is 2.23. The Balaban J connectivity index is 0.00000312. The summed E-state index contributed by atoms with van der Waals surface area (Å²) in [4.78, 5) is 16.8. The van der Waals surface area contributed by atoms with Gasteiger partial charge in [-0.3, -0.25) is 4.79 Å². The number of nitrogens with zero attached hydrogens (tertiary/aromatic N) is 1. The average Bonchev–Trinajstić information content (AvgIpc) is 2.97. The van der Waals surface area contributed by atoms with E-state index in [9.17, 15) is 13.6 Å². The van der Waals surface area contributed by atoms with Crippen molar-refractivity contribution in [2.24, 2.45) is 5.73 Å². The second-order valence-electron chi connectivity index (χ2n) is 5.55. The summed E-state index contributed by atoms with van der Waals surface area (Å²) in [6.45, 7) is 0.683. The van der Waals surface area contributed by atoms with E-state index in [1.807, 2.05) is 0 Å². The lowest BCUT2D eigenvalue weighted by molar-refractivity contribution is -0.116. The first-order valence-corrected chi connectivity index (χ1v) is 8.78. The van der Waals surface area contributed by atoms with Gasteiger partial charge in [0.15, 0.2) is 5.13 Å². The molecule has 0 fully saturated rings. The molecule has 0 aliphatic rings. The van der Waals surface area contributed by atoms with E-state index < -0.39 is 11.6 Å². The maximum absolute atomic E-state index is 13.6. The summed E-state index contributed by atoms with van der Waals surface area (Å²) in [6, 6.07) is 3.51. The van der Waals surface area contributed by atoms with Crippen LogP contribution < -0.4 is 11.1 Å². The van der Waals surface area contributed by atoms with Gasteiger partial charge < -0.3 is 11.1 Å². The number of unbranched alkanes of at least 4 members (excludes halogenated alkanes) is 3. The highest BCUT2D eigenvalue weighted by molar-refractivity contribution is 7.15. The molecule has 2 aromatic rings. The van der Waals surface area contributed by atoms with Crippen molar-refractivity contribution in [1.82, 2.24) is 4.98 Å². The predicted octanol–water partition coefficient (Wildman–Crippen LogP) is 4.28. The maximum atomic E-state index is 13.6. The Labute approximate surface area is 156 Å². The summed E-state index contributed by atoms with van der Waals surface area (Å²) in [5, 5.41) is 3.25. The molecule has 0 saturated heterocycles. The molecule has 138 valence electrons. The monoisotopic (exact) mass is 389 g/mol. The molecule has 1 heterocycles. The summed E-state index contributed by atoms with van der Waals surface area (Å²) in [6.07, 6.45) is 6.20. The van der Waals surface area contributed by atoms with Gasteiger partial charge in [0.05, 0.1) is 0 Å². The molecule has 8 heteroatoms. The minimum Gasteiger partial charge on any atom is -0.330 e. The van der Waals surface area contributed by atoms with E-state index in [2.05, 4.69) is 10.3 Å². The van der Waals surface area contributed by atoms with E-state index in [-0.39, 0.29) is 18.3 Å². The number of hydrogen-bond donors (Lipinski definition) is 2. The molecule has 0 bridgehead atoms. The third-order valence-electron chi connectivity index (χ3n) is 3.54. The van der Waals surface area contributed by atoms with Crippen molar-refractivity contribution >= 4 is 34.8 Å². The van der Waals surface area contributed by atoms with Gasteiger partial charge in [0.25, 0.3) is 0 Å². The highest BCUT2D eigenvalue weighted by atomic mass is 35.5. The molecule has 4 nitrogen and oxygen atoms in total. The number of halogens is 3. The van der Waals surface area contributed by atoms with Gasteiger partial charge in [-0.15, -0.1) is 23.7 Å². The van der Waals surface area contributed by atoms with E-state index in [1.165, 1.54) is 23.5 Å². The number of carbonyl (C=O) groups excluding carboxylic acids is 1. The quantitative estimate of drug-likeness (QED) is 0.629. The molecule has 1 aromatic heterocycles. The molecule has 0 aliphatic heterocycles. The van der Waals surface area contributed by atoms with E-state index >= 15 is 0 Å². The number of rotatable bonds is 9. The number of aromatic nitrogens is 1. The number of hydrogen-bond acceptors (Lipinski definition) is 4. The largest absolute Gasteiger partial charge is 0.330 e. The molecule has 0 atom stereocenters. The van der Waals surface area contributed by atoms with Crippen LogP contribution >= 0.6 is 23.7 Å². The number of nitrogens with one attached hydrogen (secondary N) is 1. The molecule has 2 rings (SSSR count). The zero-order valence-corrected chi connectivity index (χ0v) is 15.4. The Morgan fingerprint density at radius 2 is 1.96 bits per heavy atom. The Kier molecular flexibility index (Phi) is 9.55. The number of benzene rings is 1. The van der Waals surface area contributed by atoms with Crippen LogP contribution in [0.25, 0.3) is 0 Å². The SMILES string of the molecule is Cl.NCCCCCCC(=O)Nc1ncc(Cc2ccc(F)cc2F)s1. The smallest absolute Gasteiger partial charge is 0.226 e. The molecular weight excluding hydrogens is 368 g/mol. The molecule has 0 radical (unpaired) electrons. The lowest BCUT2D eigenvalue weighted by Gasteiger charge is -2.02. The van der Waals surface area contributed by atoms with Crippen LogP contribution in [-0.4, -0.2) is 17.4 Å². The van der Waals surface area contributed by atoms with Crippen LogP contribution in [0.15, 0.2) is 24.4 Å². The molecule has 1 aromatic carbocycles. The fourth-order valence-corrected chi connectivity index (χ4v) is 3.12. The van der Waals surface area contributed by atoms with Crippen LogP contribution in [0.3, 0.4) is 0 Å². The first kappa shape index (κ1) is 21.5. The van der Waals surface area contributed by atoms with Crippen molar-refractivity contribution in [2.45, 2.75) is 38.5 Å². The zero-order chi connectivity index (χ0) is 17.4. The van der Waals surface area contributed by atoms with Gasteiger partial charge in [0.1, 0.15) is 11.6 Å². The standard InChI is InChI=1S/C17H21F2N3OS.ClH/c18-13-7-6-12(15(19)10-13)9-14-11-21-17(24-14)22-16(23)5-3-1-2-4-8-20;/h6-7,10-11H,1-5,8-9,20H2,(H,21,22,23);1H. The summed E-state index contributed by atoms with van der Waals surface area (Å²) in [7, 11) is 0. The second-order valence-corrected chi connectivity index (χ2v) is 6.66. The predicted molar refractivity (Wildman–Crippen MR) is 99.3 cm³/mol. The molecule has 25 heavy (non-hydrogen) atoms. The fourth-order valence-electron chi connectivity index (χ4n) is 2.26. The molecule has 3 N–H and O–H groups in total. The van der Waals surface area contributed by atoms with Crippen molar-refractivity contribution in [3.8, 4) is 0 Å². The third-order valence-corrected chi connectivity index (χ3v) is 4.45. The van der Waals surface area contributed by atoms with Crippen LogP contribution in [0, 0.1) is 11.6 Å². The minimum atomic E-state index is -0.597. The van der Waals surface area contributed by atoms with Crippen LogP contribution in [0.4, 0.5) is 13.9 Å². The number of nitrogens with two attached hydrogens (primary N) is 1. The van der Waals surface area contributed by atoms with Crippen LogP contribution in [0.1, 0.15) is 42.5 Å². The fraction of sp³-hybridized carbons (Fsp3) is 0.412. The number of carbonyl (C=O) groups is 1. The van der Waals surface area contributed by atoms with Gasteiger partial charge >= 0.3 is 0 Å². The maximum Gasteiger partial charge on any atom is 0.226 e. The van der Waals surface area contributed by atoms with Gasteiger partial charge in [-0.2, -0.15) is 0 Å². The van der Waals surface area contributed by atoms with Crippen molar-refractivity contribution in [2.75, 3.05) is 11.9 Å². The van der Waals surface area contributed by atoms with Crippen LogP contribution in [0.5, 0.6) is 0 Å². The number of amides is 1. The van der Waals surface area contributed by atoms with E-state index in [0.29, 0.717) is 30.1 Å². The van der Waals surface area contributed by atoms with Crippen LogP contribution in [0.2, 0.25) is 0 Å². The Morgan fingerprint density at radius 3 is 2.68 bits per heavy atom. The van der Waals surface area contributed by atoms with Gasteiger partial charge in [-0.1, -0.05) is 18.9 Å². The Bertz CT molecular complexity index is 682. The third kappa shape index (κ3) is 7.46. The summed E-state index contributed by atoms with van der Waals surface area (Å²) >= 11 is 1.30. The lowest BCUT2D eigenvalue weighted by Crippen LogP contribution is -2.10. The van der Waals surface area contributed by atoms with E-state index in [0.717, 1.165) is 36.6 Å². The molecule has 0 aliphatic carbocycles. The van der Waals surface area contributed by atoms with Crippen molar-refractivity contribution in [1.29, 1.82) is 0 Å². The second kappa shape index (κ2) is 11.1. The Morgan fingerprint density at radius 1 is 1.20 bits per heavy atom. The average molecular weight is 390 g/mol. The number of thiazole rings is 1. The first-order chi connectivity index (χ1) is 11.6. The van der Waals surface area contributed by atoms with Crippen LogP contribution in [-0.2, 0) is 11.2 Å². The van der Waals surface area contributed by atoms with Crippen molar-refractivity contribution < 1.29 is 13.6 Å². The van der Waals surface area contributed by atoms with Gasteiger partial charge in [-0.05, 0) is 31.0 Å². The van der Waals surface area contributed by atoms with Crippen molar-refractivity contribution in [3.05, 3.63) is 46.5 Å². The molecule has 0 unspecified atom stereocenters. The molecular formula is C17H22ClF2N3OS. The topological polar surface area (TPSA) is 68.0 Å². The van der Waals surface area contributed by atoms with Crippen molar-refractivity contribution in [3.63, 3.8) is 0 Å². The van der Waals surface area contributed by atoms with E-state index in [4.69, 9.17) is 5.73 Å². The normalized spacial score (nSPS) is 10.4.